The van der Waals surface area contributed by atoms with E-state index in [1.807, 2.05) is 60.7 Å². The Labute approximate surface area is 144 Å². The van der Waals surface area contributed by atoms with Crippen molar-refractivity contribution < 1.29 is 0 Å². The van der Waals surface area contributed by atoms with Crippen LogP contribution < -0.4 is 0 Å². The van der Waals surface area contributed by atoms with Crippen molar-refractivity contribution in [1.82, 2.24) is 9.78 Å². The second kappa shape index (κ2) is 6.83. The SMILES string of the molecule is N#CC(C#N)=Cc1cn(-c2ccccc2)nc1-c1ccccc1Cl. The van der Waals surface area contributed by atoms with Crippen LogP contribution in [-0.2, 0) is 0 Å². The summed E-state index contributed by atoms with van der Waals surface area (Å²) in [5.74, 6) is 0. The largest absolute Gasteiger partial charge is 0.240 e. The van der Waals surface area contributed by atoms with Gasteiger partial charge >= 0.3 is 0 Å². The van der Waals surface area contributed by atoms with Crippen LogP contribution in [0, 0.1) is 22.7 Å². The molecule has 4 nitrogen and oxygen atoms in total. The summed E-state index contributed by atoms with van der Waals surface area (Å²) in [7, 11) is 0. The zero-order valence-electron chi connectivity index (χ0n) is 12.5. The maximum atomic E-state index is 9.03. The summed E-state index contributed by atoms with van der Waals surface area (Å²) in [6.45, 7) is 0. The minimum absolute atomic E-state index is 0.0101. The van der Waals surface area contributed by atoms with E-state index in [1.165, 1.54) is 6.08 Å². The second-order valence-electron chi connectivity index (χ2n) is 4.97. The van der Waals surface area contributed by atoms with Crippen molar-refractivity contribution in [2.24, 2.45) is 0 Å². The minimum Gasteiger partial charge on any atom is -0.240 e. The summed E-state index contributed by atoms with van der Waals surface area (Å²) in [4.78, 5) is 0. The Kier molecular flexibility index (Phi) is 4.43. The summed E-state index contributed by atoms with van der Waals surface area (Å²) >= 11 is 6.29. The number of para-hydroxylation sites is 1. The molecule has 2 aromatic carbocycles. The van der Waals surface area contributed by atoms with Crippen molar-refractivity contribution in [2.75, 3.05) is 0 Å². The van der Waals surface area contributed by atoms with E-state index >= 15 is 0 Å². The summed E-state index contributed by atoms with van der Waals surface area (Å²) in [5, 5.41) is 23.2. The average molecular weight is 331 g/mol. The molecule has 0 spiro atoms. The van der Waals surface area contributed by atoms with Crippen LogP contribution in [0.2, 0.25) is 5.02 Å². The predicted octanol–water partition coefficient (Wildman–Crippen LogP) is 4.62. The topological polar surface area (TPSA) is 65.4 Å². The molecule has 114 valence electrons. The number of benzene rings is 2. The number of hydrogen-bond donors (Lipinski definition) is 0. The Morgan fingerprint density at radius 3 is 2.33 bits per heavy atom. The quantitative estimate of drug-likeness (QED) is 0.658. The second-order valence-corrected chi connectivity index (χ2v) is 5.38. The number of allylic oxidation sites excluding steroid dienone is 1. The molecule has 0 aliphatic carbocycles. The fraction of sp³-hybridized carbons (Fsp3) is 0. The maximum Gasteiger partial charge on any atom is 0.130 e. The summed E-state index contributed by atoms with van der Waals surface area (Å²) in [6.07, 6.45) is 3.30. The number of rotatable bonds is 3. The molecule has 24 heavy (non-hydrogen) atoms. The number of aromatic nitrogens is 2. The summed E-state index contributed by atoms with van der Waals surface area (Å²) in [6, 6.07) is 20.7. The smallest absolute Gasteiger partial charge is 0.130 e. The van der Waals surface area contributed by atoms with E-state index in [1.54, 1.807) is 16.9 Å². The van der Waals surface area contributed by atoms with Crippen LogP contribution in [0.1, 0.15) is 5.56 Å². The van der Waals surface area contributed by atoms with E-state index in [0.717, 1.165) is 11.3 Å². The fourth-order valence-electron chi connectivity index (χ4n) is 2.31. The summed E-state index contributed by atoms with van der Waals surface area (Å²) < 4.78 is 1.71. The Morgan fingerprint density at radius 1 is 1.00 bits per heavy atom. The van der Waals surface area contributed by atoms with Gasteiger partial charge in [-0.15, -0.1) is 0 Å². The molecular formula is C19H11ClN4. The van der Waals surface area contributed by atoms with E-state index in [-0.39, 0.29) is 5.57 Å². The van der Waals surface area contributed by atoms with Gasteiger partial charge in [-0.1, -0.05) is 48.0 Å². The molecule has 3 rings (SSSR count). The molecule has 0 radical (unpaired) electrons. The Morgan fingerprint density at radius 2 is 1.67 bits per heavy atom. The number of nitriles is 2. The zero-order valence-corrected chi connectivity index (χ0v) is 13.3. The van der Waals surface area contributed by atoms with Gasteiger partial charge in [-0.2, -0.15) is 15.6 Å². The third-order valence-electron chi connectivity index (χ3n) is 3.43. The van der Waals surface area contributed by atoms with Gasteiger partial charge in [0.1, 0.15) is 23.4 Å². The van der Waals surface area contributed by atoms with E-state index in [2.05, 4.69) is 5.10 Å². The molecule has 0 fully saturated rings. The first-order chi connectivity index (χ1) is 11.7. The highest BCUT2D eigenvalue weighted by molar-refractivity contribution is 6.33. The van der Waals surface area contributed by atoms with Gasteiger partial charge in [0.05, 0.1) is 10.7 Å². The van der Waals surface area contributed by atoms with Gasteiger partial charge in [0.2, 0.25) is 0 Å². The fourth-order valence-corrected chi connectivity index (χ4v) is 2.54. The van der Waals surface area contributed by atoms with Crippen molar-refractivity contribution in [1.29, 1.82) is 10.5 Å². The molecule has 3 aromatic rings. The number of nitrogens with zero attached hydrogens (tertiary/aromatic N) is 4. The number of hydrogen-bond acceptors (Lipinski definition) is 3. The molecule has 5 heteroatoms. The van der Waals surface area contributed by atoms with Crippen LogP contribution in [0.15, 0.2) is 66.4 Å². The average Bonchev–Trinajstić information content (AvgIpc) is 3.04. The van der Waals surface area contributed by atoms with Crippen molar-refractivity contribution in [3.8, 4) is 29.1 Å². The zero-order chi connectivity index (χ0) is 16.9. The van der Waals surface area contributed by atoms with Gasteiger partial charge < -0.3 is 0 Å². The van der Waals surface area contributed by atoms with Crippen LogP contribution in [-0.4, -0.2) is 9.78 Å². The summed E-state index contributed by atoms with van der Waals surface area (Å²) in [5.41, 5.74) is 2.91. The third-order valence-corrected chi connectivity index (χ3v) is 3.76. The Balaban J connectivity index is 2.22. The van der Waals surface area contributed by atoms with Gasteiger partial charge in [-0.05, 0) is 24.3 Å². The van der Waals surface area contributed by atoms with E-state index in [4.69, 9.17) is 22.1 Å². The molecule has 0 unspecified atom stereocenters. The first-order valence-corrected chi connectivity index (χ1v) is 7.52. The van der Waals surface area contributed by atoms with Gasteiger partial charge in [-0.25, -0.2) is 4.68 Å². The lowest BCUT2D eigenvalue weighted by Gasteiger charge is -2.02. The van der Waals surface area contributed by atoms with Crippen LogP contribution in [0.3, 0.4) is 0 Å². The Hall–Kier alpha value is -3.34. The molecule has 1 aromatic heterocycles. The molecule has 0 aliphatic heterocycles. The van der Waals surface area contributed by atoms with E-state index < -0.39 is 0 Å². The van der Waals surface area contributed by atoms with Crippen LogP contribution in [0.5, 0.6) is 0 Å². The lowest BCUT2D eigenvalue weighted by atomic mass is 10.1. The van der Waals surface area contributed by atoms with Crippen molar-refractivity contribution in [2.45, 2.75) is 0 Å². The van der Waals surface area contributed by atoms with E-state index in [0.29, 0.717) is 16.3 Å². The van der Waals surface area contributed by atoms with Crippen LogP contribution >= 0.6 is 11.6 Å². The first-order valence-electron chi connectivity index (χ1n) is 7.15. The molecule has 0 atom stereocenters. The van der Waals surface area contributed by atoms with Gasteiger partial charge in [0.15, 0.2) is 0 Å². The van der Waals surface area contributed by atoms with Gasteiger partial charge in [-0.3, -0.25) is 0 Å². The minimum atomic E-state index is 0.0101. The molecule has 0 saturated heterocycles. The highest BCUT2D eigenvalue weighted by Gasteiger charge is 2.14. The maximum absolute atomic E-state index is 9.03. The molecule has 0 amide bonds. The van der Waals surface area contributed by atoms with Gasteiger partial charge in [0.25, 0.3) is 0 Å². The van der Waals surface area contributed by atoms with Gasteiger partial charge in [0, 0.05) is 17.3 Å². The Bertz CT molecular complexity index is 972. The molecule has 0 N–H and O–H groups in total. The molecule has 0 aliphatic rings. The lowest BCUT2D eigenvalue weighted by Crippen LogP contribution is -1.94. The molecule has 0 saturated carbocycles. The van der Waals surface area contributed by atoms with Crippen molar-refractivity contribution in [3.63, 3.8) is 0 Å². The van der Waals surface area contributed by atoms with Crippen molar-refractivity contribution in [3.05, 3.63) is 77.0 Å². The van der Waals surface area contributed by atoms with Crippen LogP contribution in [0.25, 0.3) is 23.0 Å². The van der Waals surface area contributed by atoms with E-state index in [9.17, 15) is 0 Å². The predicted molar refractivity (Wildman–Crippen MR) is 93.2 cm³/mol. The highest BCUT2D eigenvalue weighted by Crippen LogP contribution is 2.31. The monoisotopic (exact) mass is 330 g/mol. The molecular weight excluding hydrogens is 320 g/mol. The number of halogens is 1. The molecule has 0 bridgehead atoms. The standard InChI is InChI=1S/C19H11ClN4/c20-18-9-5-4-8-17(18)19-15(10-14(11-21)12-22)13-24(23-19)16-6-2-1-3-7-16/h1-10,13H. The molecule has 1 heterocycles. The first kappa shape index (κ1) is 15.6. The third kappa shape index (κ3) is 3.05. The lowest BCUT2D eigenvalue weighted by molar-refractivity contribution is 0.884. The van der Waals surface area contributed by atoms with Crippen molar-refractivity contribution >= 4 is 17.7 Å². The normalized spacial score (nSPS) is 9.79. The highest BCUT2D eigenvalue weighted by atomic mass is 35.5. The van der Waals surface area contributed by atoms with Crippen LogP contribution in [0.4, 0.5) is 0 Å².